The lowest BCUT2D eigenvalue weighted by Gasteiger charge is -2.28. The molecule has 0 aliphatic carbocycles. The number of carbonyl (C=O) groups excluding carboxylic acids is 5. The minimum absolute atomic E-state index is 0.0320. The summed E-state index contributed by atoms with van der Waals surface area (Å²) >= 11 is 0. The lowest BCUT2D eigenvalue weighted by Crippen LogP contribution is -2.47. The van der Waals surface area contributed by atoms with Crippen molar-refractivity contribution in [3.63, 3.8) is 0 Å². The van der Waals surface area contributed by atoms with Crippen molar-refractivity contribution in [1.82, 2.24) is 20.9 Å². The second kappa shape index (κ2) is 24.5. The predicted octanol–water partition coefficient (Wildman–Crippen LogP) is 8.47. The second-order valence-corrected chi connectivity index (χ2v) is 16.0. The number of alkyl carbamates (subject to hydrolysis) is 1. The normalized spacial score (nSPS) is 15.7. The van der Waals surface area contributed by atoms with Gasteiger partial charge in [-0.25, -0.2) is 14.5 Å². The smallest absolute Gasteiger partial charge is 0.421 e. The summed E-state index contributed by atoms with van der Waals surface area (Å²) in [4.78, 5) is 73.7. The van der Waals surface area contributed by atoms with E-state index in [1.807, 2.05) is 116 Å². The number of ether oxygens (including phenoxy) is 2. The van der Waals surface area contributed by atoms with Gasteiger partial charge in [-0.05, 0) is 63.8 Å². The molecule has 0 aromatic heterocycles. The van der Waals surface area contributed by atoms with Crippen LogP contribution in [-0.2, 0) is 61.4 Å². The Kier molecular flexibility index (Phi) is 17.8. The van der Waals surface area contributed by atoms with E-state index in [2.05, 4.69) is 21.4 Å². The molecule has 0 fully saturated rings. The Hall–Kier alpha value is -7.58. The first-order valence-electron chi connectivity index (χ1n) is 22.0. The van der Waals surface area contributed by atoms with Crippen molar-refractivity contribution in [2.75, 3.05) is 12.5 Å². The molecular formula is C52H56N6O8. The first-order chi connectivity index (χ1) is 32.1. The molecule has 66 heavy (non-hydrogen) atoms. The average Bonchev–Trinajstić information content (AvgIpc) is 3.34. The Morgan fingerprint density at radius 3 is 1.98 bits per heavy atom. The maximum Gasteiger partial charge on any atom is 0.421 e. The van der Waals surface area contributed by atoms with Gasteiger partial charge in [0.05, 0.1) is 12.3 Å². The Labute approximate surface area is 385 Å². The van der Waals surface area contributed by atoms with Crippen molar-refractivity contribution in [3.05, 3.63) is 185 Å². The number of hydrogen-bond acceptors (Lipinski definition) is 10. The number of nitrogens with one attached hydrogen (secondary N) is 5. The molecule has 1 heterocycles. The minimum atomic E-state index is -0.956. The quantitative estimate of drug-likeness (QED) is 0.0414. The van der Waals surface area contributed by atoms with Crippen LogP contribution in [0.25, 0.3) is 0 Å². The molecule has 0 saturated carbocycles. The predicted molar refractivity (Wildman–Crippen MR) is 251 cm³/mol. The van der Waals surface area contributed by atoms with E-state index in [9.17, 15) is 24.0 Å². The fraction of sp³-hybridized carbons (Fsp3) is 0.269. The molecule has 1 aliphatic rings. The average molecular weight is 893 g/mol. The van der Waals surface area contributed by atoms with E-state index in [1.165, 1.54) is 13.2 Å². The Bertz CT molecular complexity index is 2450. The van der Waals surface area contributed by atoms with Crippen LogP contribution < -0.4 is 21.4 Å². The largest absolute Gasteiger partial charge is 0.444 e. The molecule has 4 amide bonds. The highest BCUT2D eigenvalue weighted by molar-refractivity contribution is 6.00. The third kappa shape index (κ3) is 14.2. The molecular weight excluding hydrogens is 837 g/mol. The number of hydrogen-bond donors (Lipinski definition) is 5. The van der Waals surface area contributed by atoms with E-state index >= 15 is 0 Å². The molecule has 14 heteroatoms. The number of anilines is 1. The zero-order valence-corrected chi connectivity index (χ0v) is 37.2. The lowest BCUT2D eigenvalue weighted by molar-refractivity contribution is -0.129. The highest BCUT2D eigenvalue weighted by atomic mass is 16.6. The summed E-state index contributed by atoms with van der Waals surface area (Å²) in [5.74, 6) is -2.18. The van der Waals surface area contributed by atoms with Crippen molar-refractivity contribution in [1.29, 1.82) is 5.41 Å². The van der Waals surface area contributed by atoms with Crippen LogP contribution in [0.2, 0.25) is 0 Å². The Morgan fingerprint density at radius 2 is 1.36 bits per heavy atom. The fourth-order valence-electron chi connectivity index (χ4n) is 7.67. The summed E-state index contributed by atoms with van der Waals surface area (Å²) in [5.41, 5.74) is 9.70. The molecule has 14 nitrogen and oxygen atoms in total. The van der Waals surface area contributed by atoms with Crippen LogP contribution in [0, 0.1) is 11.3 Å². The number of guanidine groups is 1. The lowest BCUT2D eigenvalue weighted by atomic mass is 9.78. The van der Waals surface area contributed by atoms with Crippen LogP contribution in [0.3, 0.4) is 0 Å². The molecule has 5 aromatic rings. The number of nitrogens with zero attached hydrogens (tertiary/aromatic N) is 1. The number of fused-ring (bicyclic) bond motifs is 2. The number of carbonyl (C=O) groups is 5. The van der Waals surface area contributed by atoms with Crippen LogP contribution in [0.1, 0.15) is 77.5 Å². The molecule has 5 N–H and O–H groups in total. The highest BCUT2D eigenvalue weighted by Crippen LogP contribution is 2.40. The molecule has 2 bridgehead atoms. The molecule has 3 atom stereocenters. The summed E-state index contributed by atoms with van der Waals surface area (Å²) < 4.78 is 11.0. The highest BCUT2D eigenvalue weighted by Gasteiger charge is 2.29. The molecule has 1 aliphatic heterocycles. The Morgan fingerprint density at radius 1 is 0.773 bits per heavy atom. The number of benzene rings is 5. The van der Waals surface area contributed by atoms with Crippen LogP contribution in [0.15, 0.2) is 146 Å². The van der Waals surface area contributed by atoms with E-state index in [-0.39, 0.29) is 63.1 Å². The topological polar surface area (TPSA) is 188 Å². The van der Waals surface area contributed by atoms with E-state index in [4.69, 9.17) is 19.7 Å². The molecule has 2 unspecified atom stereocenters. The van der Waals surface area contributed by atoms with Crippen LogP contribution in [0.5, 0.6) is 0 Å². The minimum Gasteiger partial charge on any atom is -0.444 e. The first kappa shape index (κ1) is 47.9. The molecule has 5 aromatic carbocycles. The van der Waals surface area contributed by atoms with Gasteiger partial charge in [-0.1, -0.05) is 140 Å². The van der Waals surface area contributed by atoms with Crippen molar-refractivity contribution in [2.24, 2.45) is 5.92 Å². The van der Waals surface area contributed by atoms with E-state index in [1.54, 1.807) is 30.3 Å². The molecule has 342 valence electrons. The Balaban J connectivity index is 1.38. The molecule has 6 rings (SSSR count). The van der Waals surface area contributed by atoms with Crippen molar-refractivity contribution >= 4 is 41.4 Å². The van der Waals surface area contributed by atoms with Gasteiger partial charge in [0.1, 0.15) is 25.0 Å². The fourth-order valence-corrected chi connectivity index (χ4v) is 7.67. The molecule has 0 radical (unpaired) electrons. The maximum atomic E-state index is 13.7. The number of rotatable bonds is 14. The van der Waals surface area contributed by atoms with Crippen molar-refractivity contribution in [2.45, 2.75) is 77.2 Å². The number of Topliss-reactive ketones (excluding diaryl/α,β-unsaturated/α-hetero) is 1. The summed E-state index contributed by atoms with van der Waals surface area (Å²) in [6.07, 6.45) is 2.30. The van der Waals surface area contributed by atoms with Crippen molar-refractivity contribution in [3.8, 4) is 0 Å². The van der Waals surface area contributed by atoms with E-state index in [0.717, 1.165) is 43.8 Å². The van der Waals surface area contributed by atoms with Crippen LogP contribution in [-0.4, -0.2) is 53.7 Å². The summed E-state index contributed by atoms with van der Waals surface area (Å²) in [5, 5.41) is 16.7. The zero-order valence-electron chi connectivity index (χ0n) is 37.2. The first-order valence-corrected chi connectivity index (χ1v) is 22.0. The van der Waals surface area contributed by atoms with E-state index in [0.29, 0.717) is 18.5 Å². The zero-order chi connectivity index (χ0) is 46.7. The summed E-state index contributed by atoms with van der Waals surface area (Å²) in [7, 11) is 1.51. The van der Waals surface area contributed by atoms with Crippen LogP contribution in [0.4, 0.5) is 15.3 Å². The summed E-state index contributed by atoms with van der Waals surface area (Å²) in [6.45, 7) is 2.05. The number of ketones is 1. The van der Waals surface area contributed by atoms with Gasteiger partial charge in [0.15, 0.2) is 0 Å². The van der Waals surface area contributed by atoms with Gasteiger partial charge in [-0.3, -0.25) is 35.4 Å². The summed E-state index contributed by atoms with van der Waals surface area (Å²) in [6, 6.07) is 40.6. The van der Waals surface area contributed by atoms with E-state index < -0.39 is 36.0 Å². The monoisotopic (exact) mass is 892 g/mol. The van der Waals surface area contributed by atoms with Crippen molar-refractivity contribution < 1.29 is 38.3 Å². The van der Waals surface area contributed by atoms with Gasteiger partial charge in [0.25, 0.3) is 0 Å². The van der Waals surface area contributed by atoms with Gasteiger partial charge < -0.3 is 20.1 Å². The molecule has 0 spiro atoms. The van der Waals surface area contributed by atoms with Gasteiger partial charge in [0.2, 0.25) is 17.8 Å². The third-order valence-corrected chi connectivity index (χ3v) is 11.1. The number of amides is 4. The van der Waals surface area contributed by atoms with Crippen LogP contribution >= 0.6 is 0 Å². The maximum absolute atomic E-state index is 13.7. The van der Waals surface area contributed by atoms with Gasteiger partial charge >= 0.3 is 12.2 Å². The van der Waals surface area contributed by atoms with Gasteiger partial charge in [0, 0.05) is 44.8 Å². The number of likely N-dealkylation sites (N-methyl/N-ethyl adjacent to an activating group) is 1. The SMILES string of the molecule is CNC(=O)C1Cc2ccc(NOCc3ccccc3)c(c2C[C@@H](C)C=CN(C(=N)NC(=O)OCc2ccccc2)C(=O)OCc2ccccc2)C(c2ccccc2)CCC(=O)CCC(=O)N1. The van der Waals surface area contributed by atoms with Gasteiger partial charge in [-0.2, -0.15) is 0 Å². The second-order valence-electron chi connectivity index (χ2n) is 16.0. The standard InChI is InChI=1S/C52H56N6O8/c1-36(29-30-58(52(63)65-34-38-17-9-4-10-18-38)50(53)56-51(62)64-33-37-15-7-3-8-16-37)31-44-41-23-27-45(57-66-35-39-19-11-5-12-20-39)48(44)43(40-21-13-6-14-22-40)26-24-42(59)25-28-47(60)55-46(32-41)49(61)54-2/h3-23,27,29-30,36,43,46,57H,24-26,28,31-35H2,1-2H3,(H,54,61)(H,55,60)(H2,53,56,62)/t36-,43?,46?/m0/s1. The third-order valence-electron chi connectivity index (χ3n) is 11.1. The molecule has 0 saturated heterocycles. The van der Waals surface area contributed by atoms with Gasteiger partial charge in [-0.15, -0.1) is 0 Å². The number of allylic oxidation sites excluding steroid dienone is 1.